The highest BCUT2D eigenvalue weighted by atomic mass is 16.5. The van der Waals surface area contributed by atoms with Crippen molar-refractivity contribution >= 4 is 5.97 Å². The van der Waals surface area contributed by atoms with Crippen LogP contribution in [0.4, 0.5) is 0 Å². The molecule has 0 amide bonds. The maximum atomic E-state index is 11.3. The van der Waals surface area contributed by atoms with Gasteiger partial charge in [-0.2, -0.15) is 0 Å². The van der Waals surface area contributed by atoms with Gasteiger partial charge in [0.25, 0.3) is 0 Å². The Kier molecular flexibility index (Phi) is 5.05. The number of nitrogens with one attached hydrogen (secondary N) is 1. The fraction of sp³-hybridized carbons (Fsp3) is 0.909. The summed E-state index contributed by atoms with van der Waals surface area (Å²) >= 11 is 0. The molecule has 4 heteroatoms. The van der Waals surface area contributed by atoms with Gasteiger partial charge < -0.3 is 15.0 Å². The van der Waals surface area contributed by atoms with E-state index in [4.69, 9.17) is 4.74 Å². The molecule has 1 heterocycles. The van der Waals surface area contributed by atoms with E-state index in [1.54, 1.807) is 0 Å². The molecule has 1 saturated heterocycles. The molecule has 1 aliphatic rings. The van der Waals surface area contributed by atoms with E-state index in [2.05, 4.69) is 17.3 Å². The molecule has 88 valence electrons. The van der Waals surface area contributed by atoms with E-state index in [1.165, 1.54) is 6.42 Å². The first-order chi connectivity index (χ1) is 7.13. The number of likely N-dealkylation sites (N-methyl/N-ethyl adjacent to an activating group) is 1. The van der Waals surface area contributed by atoms with Gasteiger partial charge in [-0.05, 0) is 26.9 Å². The van der Waals surface area contributed by atoms with Crippen molar-refractivity contribution < 1.29 is 9.53 Å². The third kappa shape index (κ3) is 4.18. The lowest BCUT2D eigenvalue weighted by Gasteiger charge is -2.16. The molecule has 1 aliphatic heterocycles. The minimum atomic E-state index is -0.101. The molecule has 2 unspecified atom stereocenters. The Bertz CT molecular complexity index is 209. The molecule has 0 spiro atoms. The molecule has 0 aromatic rings. The smallest absolute Gasteiger partial charge is 0.309 e. The highest BCUT2D eigenvalue weighted by molar-refractivity contribution is 5.72. The molecule has 0 aliphatic carbocycles. The minimum absolute atomic E-state index is 0.0455. The van der Waals surface area contributed by atoms with Gasteiger partial charge in [0.2, 0.25) is 0 Å². The Morgan fingerprint density at radius 2 is 2.40 bits per heavy atom. The lowest BCUT2D eigenvalue weighted by atomic mass is 10.1. The molecule has 2 atom stereocenters. The second-order valence-electron chi connectivity index (χ2n) is 4.31. The van der Waals surface area contributed by atoms with E-state index in [9.17, 15) is 4.79 Å². The van der Waals surface area contributed by atoms with Crippen molar-refractivity contribution in [3.8, 4) is 0 Å². The van der Waals surface area contributed by atoms with Crippen LogP contribution in [0.1, 0.15) is 20.3 Å². The quantitative estimate of drug-likeness (QED) is 0.676. The molecular weight excluding hydrogens is 192 g/mol. The topological polar surface area (TPSA) is 41.6 Å². The normalized spacial score (nSPS) is 24.1. The monoisotopic (exact) mass is 214 g/mol. The van der Waals surface area contributed by atoms with E-state index < -0.39 is 0 Å². The average molecular weight is 214 g/mol. The predicted molar refractivity (Wildman–Crippen MR) is 59.7 cm³/mol. The first kappa shape index (κ1) is 12.5. The van der Waals surface area contributed by atoms with Crippen molar-refractivity contribution in [3.63, 3.8) is 0 Å². The van der Waals surface area contributed by atoms with E-state index >= 15 is 0 Å². The van der Waals surface area contributed by atoms with Gasteiger partial charge in [-0.3, -0.25) is 4.79 Å². The molecular formula is C11H22N2O2. The summed E-state index contributed by atoms with van der Waals surface area (Å²) < 4.78 is 4.95. The molecule has 0 radical (unpaired) electrons. The van der Waals surface area contributed by atoms with Crippen LogP contribution < -0.4 is 5.32 Å². The van der Waals surface area contributed by atoms with Crippen LogP contribution in [0.5, 0.6) is 0 Å². The first-order valence-corrected chi connectivity index (χ1v) is 5.72. The lowest BCUT2D eigenvalue weighted by molar-refractivity contribution is -0.147. The maximum Gasteiger partial charge on any atom is 0.309 e. The second-order valence-corrected chi connectivity index (χ2v) is 4.31. The molecule has 15 heavy (non-hydrogen) atoms. The highest BCUT2D eigenvalue weighted by Crippen LogP contribution is 2.07. The molecule has 0 bridgehead atoms. The number of ether oxygens (including phenoxy) is 1. The Morgan fingerprint density at radius 3 is 2.93 bits per heavy atom. The van der Waals surface area contributed by atoms with Gasteiger partial charge in [0, 0.05) is 19.1 Å². The largest absolute Gasteiger partial charge is 0.466 e. The van der Waals surface area contributed by atoms with E-state index in [1.807, 2.05) is 13.8 Å². The molecule has 1 fully saturated rings. The molecule has 1 rings (SSSR count). The number of rotatable bonds is 5. The number of hydrogen-bond donors (Lipinski definition) is 1. The fourth-order valence-corrected chi connectivity index (χ4v) is 1.81. The van der Waals surface area contributed by atoms with Gasteiger partial charge in [0.15, 0.2) is 0 Å². The summed E-state index contributed by atoms with van der Waals surface area (Å²) in [5, 5.41) is 3.41. The van der Waals surface area contributed by atoms with Gasteiger partial charge in [-0.25, -0.2) is 0 Å². The average Bonchev–Trinajstić information content (AvgIpc) is 2.61. The van der Waals surface area contributed by atoms with Gasteiger partial charge in [0.05, 0.1) is 12.5 Å². The minimum Gasteiger partial charge on any atom is -0.466 e. The predicted octanol–water partition coefficient (Wildman–Crippen LogP) is 0.479. The van der Waals surface area contributed by atoms with Gasteiger partial charge in [-0.15, -0.1) is 0 Å². The van der Waals surface area contributed by atoms with E-state index in [0.717, 1.165) is 19.6 Å². The zero-order chi connectivity index (χ0) is 11.3. The Hall–Kier alpha value is -0.610. The van der Waals surface area contributed by atoms with Crippen LogP contribution in [0.2, 0.25) is 0 Å². The number of likely N-dealkylation sites (tertiary alicyclic amines) is 1. The first-order valence-electron chi connectivity index (χ1n) is 5.72. The van der Waals surface area contributed by atoms with Crippen LogP contribution in [0.15, 0.2) is 0 Å². The van der Waals surface area contributed by atoms with Gasteiger partial charge >= 0.3 is 5.97 Å². The van der Waals surface area contributed by atoms with Crippen molar-refractivity contribution in [1.29, 1.82) is 0 Å². The van der Waals surface area contributed by atoms with Gasteiger partial charge in [0.1, 0.15) is 0 Å². The van der Waals surface area contributed by atoms with Crippen LogP contribution in [-0.4, -0.2) is 50.2 Å². The van der Waals surface area contributed by atoms with Crippen molar-refractivity contribution in [2.45, 2.75) is 26.3 Å². The summed E-state index contributed by atoms with van der Waals surface area (Å²) in [4.78, 5) is 13.6. The molecule has 0 aromatic carbocycles. The molecule has 0 saturated carbocycles. The number of esters is 1. The summed E-state index contributed by atoms with van der Waals surface area (Å²) in [6.45, 7) is 7.15. The van der Waals surface area contributed by atoms with Crippen LogP contribution >= 0.6 is 0 Å². The second kappa shape index (κ2) is 6.08. The van der Waals surface area contributed by atoms with Gasteiger partial charge in [-0.1, -0.05) is 6.92 Å². The summed E-state index contributed by atoms with van der Waals surface area (Å²) in [5.74, 6) is -0.146. The van der Waals surface area contributed by atoms with Crippen LogP contribution in [0.25, 0.3) is 0 Å². The molecule has 4 nitrogen and oxygen atoms in total. The van der Waals surface area contributed by atoms with Crippen LogP contribution in [0, 0.1) is 5.92 Å². The van der Waals surface area contributed by atoms with Crippen molar-refractivity contribution in [1.82, 2.24) is 10.2 Å². The third-order valence-corrected chi connectivity index (χ3v) is 2.79. The lowest BCUT2D eigenvalue weighted by Crippen LogP contribution is -2.37. The van der Waals surface area contributed by atoms with E-state index in [-0.39, 0.29) is 11.9 Å². The van der Waals surface area contributed by atoms with Crippen molar-refractivity contribution in [2.24, 2.45) is 5.92 Å². The number of nitrogens with zero attached hydrogens (tertiary/aromatic N) is 1. The van der Waals surface area contributed by atoms with Crippen LogP contribution in [-0.2, 0) is 9.53 Å². The molecule has 0 aromatic heterocycles. The summed E-state index contributed by atoms with van der Waals surface area (Å²) in [6.07, 6.45) is 1.17. The number of hydrogen-bond acceptors (Lipinski definition) is 4. The Morgan fingerprint density at radius 1 is 1.67 bits per heavy atom. The zero-order valence-electron chi connectivity index (χ0n) is 9.95. The van der Waals surface area contributed by atoms with Crippen molar-refractivity contribution in [3.05, 3.63) is 0 Å². The summed E-state index contributed by atoms with van der Waals surface area (Å²) in [5.41, 5.74) is 0. The standard InChI is InChI=1S/C11H22N2O2/c1-4-15-11(14)9(2)7-12-10-5-6-13(3)8-10/h9-10,12H,4-8H2,1-3H3. The summed E-state index contributed by atoms with van der Waals surface area (Å²) in [6, 6.07) is 0.534. The SMILES string of the molecule is CCOC(=O)C(C)CNC1CCN(C)C1. The zero-order valence-corrected chi connectivity index (χ0v) is 9.95. The van der Waals surface area contributed by atoms with Crippen LogP contribution in [0.3, 0.4) is 0 Å². The highest BCUT2D eigenvalue weighted by Gasteiger charge is 2.21. The maximum absolute atomic E-state index is 11.3. The Balaban J connectivity index is 2.16. The molecule has 1 N–H and O–H groups in total. The fourth-order valence-electron chi connectivity index (χ4n) is 1.81. The van der Waals surface area contributed by atoms with Crippen molar-refractivity contribution in [2.75, 3.05) is 33.3 Å². The summed E-state index contributed by atoms with van der Waals surface area (Å²) in [7, 11) is 2.12. The van der Waals surface area contributed by atoms with E-state index in [0.29, 0.717) is 12.6 Å². The third-order valence-electron chi connectivity index (χ3n) is 2.79. The number of carbonyl (C=O) groups excluding carboxylic acids is 1. The Labute approximate surface area is 92.0 Å². The number of carbonyl (C=O) groups is 1.